The number of nitrogens with zero attached hydrogens (tertiary/aromatic N) is 1. The van der Waals surface area contributed by atoms with Gasteiger partial charge in [0.2, 0.25) is 0 Å². The summed E-state index contributed by atoms with van der Waals surface area (Å²) in [6, 6.07) is 20.1. The number of hydrogen-bond acceptors (Lipinski definition) is 3. The Kier molecular flexibility index (Phi) is 5.83. The maximum atomic E-state index is 12.5. The van der Waals surface area contributed by atoms with Gasteiger partial charge in [0.05, 0.1) is 0 Å². The van der Waals surface area contributed by atoms with E-state index in [4.69, 9.17) is 0 Å². The monoisotopic (exact) mass is 374 g/mol. The summed E-state index contributed by atoms with van der Waals surface area (Å²) in [4.78, 5) is 16.5. The van der Waals surface area contributed by atoms with Crippen molar-refractivity contribution in [3.05, 3.63) is 76.1 Å². The second-order valence-electron chi connectivity index (χ2n) is 6.94. The van der Waals surface area contributed by atoms with E-state index in [0.29, 0.717) is 11.5 Å². The van der Waals surface area contributed by atoms with E-state index in [1.807, 2.05) is 48.7 Å². The second-order valence-corrected chi connectivity index (χ2v) is 7.82. The third-order valence-corrected chi connectivity index (χ3v) is 5.20. The molecule has 2 aromatic carbocycles. The highest BCUT2D eigenvalue weighted by Crippen LogP contribution is 2.28. The van der Waals surface area contributed by atoms with E-state index < -0.39 is 0 Å². The molecular weight excluding hydrogens is 352 g/mol. The maximum absolute atomic E-state index is 12.5. The van der Waals surface area contributed by atoms with E-state index >= 15 is 0 Å². The summed E-state index contributed by atoms with van der Waals surface area (Å²) in [6.45, 7) is 4.39. The van der Waals surface area contributed by atoms with Gasteiger partial charge in [-0.05, 0) is 53.5 Å². The predicted molar refractivity (Wildman–Crippen MR) is 113 cm³/mol. The Labute approximate surface area is 164 Å². The molecule has 1 aromatic heterocycles. The minimum Gasteiger partial charge on any atom is -0.321 e. The van der Waals surface area contributed by atoms with E-state index in [0.717, 1.165) is 28.1 Å². The summed E-state index contributed by atoms with van der Waals surface area (Å²) in [7, 11) is 0. The van der Waals surface area contributed by atoms with Crippen LogP contribution in [0, 0.1) is 17.2 Å². The molecule has 136 valence electrons. The zero-order valence-corrected chi connectivity index (χ0v) is 16.6. The number of H-pyrrole nitrogens is 1. The summed E-state index contributed by atoms with van der Waals surface area (Å²) in [6.07, 6.45) is 3.04. The molecule has 1 heterocycles. The SMILES string of the molecule is CSc1ccc(-c2cc(-c3ccc(CC(C)C)cc3)[nH]c(=O)c2C#N)cc1. The number of thioether (sulfide) groups is 1. The van der Waals surface area contributed by atoms with E-state index in [-0.39, 0.29) is 11.1 Å². The fourth-order valence-electron chi connectivity index (χ4n) is 3.12. The third-order valence-electron chi connectivity index (χ3n) is 4.45. The molecule has 0 aliphatic heterocycles. The van der Waals surface area contributed by atoms with Crippen LogP contribution in [-0.2, 0) is 6.42 Å². The lowest BCUT2D eigenvalue weighted by atomic mass is 9.97. The quantitative estimate of drug-likeness (QED) is 0.600. The van der Waals surface area contributed by atoms with E-state index in [2.05, 4.69) is 37.0 Å². The van der Waals surface area contributed by atoms with Crippen LogP contribution >= 0.6 is 11.8 Å². The highest BCUT2D eigenvalue weighted by Gasteiger charge is 2.12. The molecule has 0 aliphatic carbocycles. The van der Waals surface area contributed by atoms with E-state index in [9.17, 15) is 10.1 Å². The van der Waals surface area contributed by atoms with Gasteiger partial charge in [-0.3, -0.25) is 4.79 Å². The molecule has 0 atom stereocenters. The first-order valence-corrected chi connectivity index (χ1v) is 10.2. The zero-order valence-electron chi connectivity index (χ0n) is 15.7. The minimum atomic E-state index is -0.356. The fourth-order valence-corrected chi connectivity index (χ4v) is 3.52. The number of pyridine rings is 1. The molecule has 3 rings (SSSR count). The molecular formula is C23H22N2OS. The van der Waals surface area contributed by atoms with Crippen molar-refractivity contribution >= 4 is 11.8 Å². The number of hydrogen-bond donors (Lipinski definition) is 1. The molecule has 0 bridgehead atoms. The largest absolute Gasteiger partial charge is 0.321 e. The molecule has 0 radical (unpaired) electrons. The standard InChI is InChI=1S/C23H22N2OS/c1-15(2)12-16-4-6-18(7-5-16)22-13-20(21(14-24)23(26)25-22)17-8-10-19(27-3)11-9-17/h4-11,13,15H,12H2,1-3H3,(H,25,26). The van der Waals surface area contributed by atoms with E-state index in [1.54, 1.807) is 11.8 Å². The Balaban J connectivity index is 2.06. The maximum Gasteiger partial charge on any atom is 0.266 e. The molecule has 0 amide bonds. The van der Waals surface area contributed by atoms with Crippen molar-refractivity contribution < 1.29 is 0 Å². The Bertz CT molecular complexity index is 1030. The lowest BCUT2D eigenvalue weighted by Gasteiger charge is -2.10. The number of aromatic nitrogens is 1. The molecule has 0 fully saturated rings. The Hall–Kier alpha value is -2.77. The van der Waals surface area contributed by atoms with Crippen LogP contribution < -0.4 is 5.56 Å². The van der Waals surface area contributed by atoms with Gasteiger partial charge in [-0.2, -0.15) is 5.26 Å². The molecule has 4 heteroatoms. The van der Waals surface area contributed by atoms with Crippen molar-refractivity contribution in [2.24, 2.45) is 5.92 Å². The Morgan fingerprint density at radius 2 is 1.67 bits per heavy atom. The molecule has 3 aromatic rings. The molecule has 0 saturated heterocycles. The fraction of sp³-hybridized carbons (Fsp3) is 0.217. The molecule has 1 N–H and O–H groups in total. The van der Waals surface area contributed by atoms with Crippen molar-refractivity contribution in [2.45, 2.75) is 25.2 Å². The first kappa shape index (κ1) is 19.0. The van der Waals surface area contributed by atoms with Crippen LogP contribution in [0.1, 0.15) is 25.0 Å². The number of aromatic amines is 1. The summed E-state index contributed by atoms with van der Waals surface area (Å²) in [5.74, 6) is 0.599. The van der Waals surface area contributed by atoms with Gasteiger partial charge in [0.1, 0.15) is 11.6 Å². The van der Waals surface area contributed by atoms with Crippen molar-refractivity contribution in [1.29, 1.82) is 5.26 Å². The zero-order chi connectivity index (χ0) is 19.4. The molecule has 0 spiro atoms. The number of nitriles is 1. The molecule has 0 aliphatic rings. The number of rotatable bonds is 5. The number of nitrogens with one attached hydrogen (secondary N) is 1. The van der Waals surface area contributed by atoms with Crippen LogP contribution in [-0.4, -0.2) is 11.2 Å². The van der Waals surface area contributed by atoms with Crippen molar-refractivity contribution in [1.82, 2.24) is 4.98 Å². The molecule has 3 nitrogen and oxygen atoms in total. The highest BCUT2D eigenvalue weighted by molar-refractivity contribution is 7.98. The van der Waals surface area contributed by atoms with Crippen LogP contribution in [0.4, 0.5) is 0 Å². The van der Waals surface area contributed by atoms with Crippen LogP contribution in [0.2, 0.25) is 0 Å². The smallest absolute Gasteiger partial charge is 0.266 e. The van der Waals surface area contributed by atoms with Gasteiger partial charge in [0, 0.05) is 16.2 Å². The molecule has 27 heavy (non-hydrogen) atoms. The second kappa shape index (κ2) is 8.28. The van der Waals surface area contributed by atoms with Gasteiger partial charge < -0.3 is 4.98 Å². The van der Waals surface area contributed by atoms with Crippen LogP contribution in [0.3, 0.4) is 0 Å². The van der Waals surface area contributed by atoms with Crippen LogP contribution in [0.25, 0.3) is 22.4 Å². The van der Waals surface area contributed by atoms with Gasteiger partial charge in [-0.15, -0.1) is 11.8 Å². The summed E-state index contributed by atoms with van der Waals surface area (Å²) >= 11 is 1.66. The normalized spacial score (nSPS) is 10.8. The van der Waals surface area contributed by atoms with Gasteiger partial charge in [0.15, 0.2) is 0 Å². The first-order valence-electron chi connectivity index (χ1n) is 8.93. The Morgan fingerprint density at radius 3 is 2.22 bits per heavy atom. The average molecular weight is 375 g/mol. The van der Waals surface area contributed by atoms with Crippen LogP contribution in [0.5, 0.6) is 0 Å². The third kappa shape index (κ3) is 4.32. The lowest BCUT2D eigenvalue weighted by molar-refractivity contribution is 0.647. The lowest BCUT2D eigenvalue weighted by Crippen LogP contribution is -2.12. The average Bonchev–Trinajstić information content (AvgIpc) is 2.67. The van der Waals surface area contributed by atoms with Crippen LogP contribution in [0.15, 0.2) is 64.3 Å². The topological polar surface area (TPSA) is 56.6 Å². The molecule has 0 saturated carbocycles. The summed E-state index contributed by atoms with van der Waals surface area (Å²) < 4.78 is 0. The first-order chi connectivity index (χ1) is 13.0. The highest BCUT2D eigenvalue weighted by atomic mass is 32.2. The van der Waals surface area contributed by atoms with Crippen molar-refractivity contribution in [2.75, 3.05) is 6.26 Å². The van der Waals surface area contributed by atoms with Gasteiger partial charge >= 0.3 is 0 Å². The summed E-state index contributed by atoms with van der Waals surface area (Å²) in [5, 5.41) is 9.47. The Morgan fingerprint density at radius 1 is 1.04 bits per heavy atom. The van der Waals surface area contributed by atoms with Gasteiger partial charge in [-0.25, -0.2) is 0 Å². The van der Waals surface area contributed by atoms with Gasteiger partial charge in [0.25, 0.3) is 5.56 Å². The molecule has 0 unspecified atom stereocenters. The van der Waals surface area contributed by atoms with Crippen molar-refractivity contribution in [3.8, 4) is 28.5 Å². The van der Waals surface area contributed by atoms with Gasteiger partial charge in [-0.1, -0.05) is 50.2 Å². The number of benzene rings is 2. The van der Waals surface area contributed by atoms with Crippen molar-refractivity contribution in [3.63, 3.8) is 0 Å². The summed E-state index contributed by atoms with van der Waals surface area (Å²) in [5.41, 5.74) is 4.25. The van der Waals surface area contributed by atoms with E-state index in [1.165, 1.54) is 5.56 Å². The predicted octanol–water partition coefficient (Wildman–Crippen LogP) is 5.50. The minimum absolute atomic E-state index is 0.145.